The lowest BCUT2D eigenvalue weighted by atomic mass is 9.72. The Morgan fingerprint density at radius 2 is 2.38 bits per heavy atom. The molecule has 0 amide bonds. The Bertz CT molecular complexity index is 326. The van der Waals surface area contributed by atoms with Gasteiger partial charge in [-0.3, -0.25) is 9.48 Å². The van der Waals surface area contributed by atoms with Crippen LogP contribution < -0.4 is 0 Å². The average molecular weight is 180 g/mol. The molecule has 0 unspecified atom stereocenters. The normalized spacial score (nSPS) is 26.8. The van der Waals surface area contributed by atoms with Gasteiger partial charge >= 0.3 is 5.97 Å². The number of aromatic nitrogens is 2. The second-order valence-corrected chi connectivity index (χ2v) is 3.65. The summed E-state index contributed by atoms with van der Waals surface area (Å²) in [6.07, 6.45) is 5.31. The highest BCUT2D eigenvalue weighted by Crippen LogP contribution is 2.41. The fourth-order valence-corrected chi connectivity index (χ4v) is 1.74. The highest BCUT2D eigenvalue weighted by molar-refractivity contribution is 5.71. The van der Waals surface area contributed by atoms with Crippen LogP contribution in [0.15, 0.2) is 12.4 Å². The summed E-state index contributed by atoms with van der Waals surface area (Å²) < 4.78 is 1.75. The molecular weight excluding hydrogens is 168 g/mol. The number of rotatable bonds is 2. The minimum absolute atomic E-state index is 0.134. The van der Waals surface area contributed by atoms with Crippen LogP contribution in [0.3, 0.4) is 0 Å². The SMILES string of the molecule is Cn1cc(C2CC(C(=O)O)C2)cn1. The van der Waals surface area contributed by atoms with Crippen molar-refractivity contribution in [2.24, 2.45) is 13.0 Å². The van der Waals surface area contributed by atoms with Crippen molar-refractivity contribution in [3.63, 3.8) is 0 Å². The molecular formula is C9H12N2O2. The summed E-state index contributed by atoms with van der Waals surface area (Å²) in [7, 11) is 1.87. The van der Waals surface area contributed by atoms with Gasteiger partial charge in [0.25, 0.3) is 0 Å². The minimum atomic E-state index is -0.667. The van der Waals surface area contributed by atoms with E-state index < -0.39 is 5.97 Å². The maximum absolute atomic E-state index is 10.5. The molecule has 13 heavy (non-hydrogen) atoms. The standard InChI is InChI=1S/C9H12N2O2/c1-11-5-8(4-10-11)6-2-7(3-6)9(12)13/h4-7H,2-3H2,1H3,(H,12,13). The first-order chi connectivity index (χ1) is 6.16. The average Bonchev–Trinajstić information content (AvgIpc) is 2.31. The van der Waals surface area contributed by atoms with E-state index in [4.69, 9.17) is 5.11 Å². The first kappa shape index (κ1) is 8.29. The van der Waals surface area contributed by atoms with Crippen molar-refractivity contribution >= 4 is 5.97 Å². The predicted octanol–water partition coefficient (Wildman–Crippen LogP) is 0.998. The molecule has 1 aromatic heterocycles. The Morgan fingerprint density at radius 3 is 2.85 bits per heavy atom. The van der Waals surface area contributed by atoms with Gasteiger partial charge in [-0.25, -0.2) is 0 Å². The molecule has 1 heterocycles. The van der Waals surface area contributed by atoms with Gasteiger partial charge in [0.15, 0.2) is 0 Å². The number of nitrogens with zero attached hydrogens (tertiary/aromatic N) is 2. The second kappa shape index (κ2) is 2.87. The van der Waals surface area contributed by atoms with Gasteiger partial charge in [-0.15, -0.1) is 0 Å². The summed E-state index contributed by atoms with van der Waals surface area (Å²) in [6.45, 7) is 0. The Morgan fingerprint density at radius 1 is 1.69 bits per heavy atom. The van der Waals surface area contributed by atoms with Gasteiger partial charge in [0, 0.05) is 13.2 Å². The van der Waals surface area contributed by atoms with Crippen molar-refractivity contribution in [2.45, 2.75) is 18.8 Å². The summed E-state index contributed by atoms with van der Waals surface area (Å²) in [6, 6.07) is 0. The fourth-order valence-electron chi connectivity index (χ4n) is 1.74. The molecule has 4 heteroatoms. The van der Waals surface area contributed by atoms with Crippen LogP contribution >= 0.6 is 0 Å². The van der Waals surface area contributed by atoms with Crippen LogP contribution in [0.1, 0.15) is 24.3 Å². The van der Waals surface area contributed by atoms with E-state index in [1.807, 2.05) is 19.4 Å². The molecule has 0 radical (unpaired) electrons. The van der Waals surface area contributed by atoms with Crippen molar-refractivity contribution in [3.8, 4) is 0 Å². The number of carbonyl (C=O) groups is 1. The third kappa shape index (κ3) is 1.43. The summed E-state index contributed by atoms with van der Waals surface area (Å²) in [5.41, 5.74) is 1.17. The topological polar surface area (TPSA) is 55.1 Å². The van der Waals surface area contributed by atoms with E-state index in [-0.39, 0.29) is 5.92 Å². The van der Waals surface area contributed by atoms with Gasteiger partial charge in [-0.2, -0.15) is 5.10 Å². The fraction of sp³-hybridized carbons (Fsp3) is 0.556. The monoisotopic (exact) mass is 180 g/mol. The molecule has 0 aliphatic heterocycles. The van der Waals surface area contributed by atoms with Gasteiger partial charge in [-0.1, -0.05) is 0 Å². The molecule has 4 nitrogen and oxygen atoms in total. The molecule has 1 aliphatic rings. The summed E-state index contributed by atoms with van der Waals surface area (Å²) >= 11 is 0. The van der Waals surface area contributed by atoms with Gasteiger partial charge in [0.1, 0.15) is 0 Å². The predicted molar refractivity (Wildman–Crippen MR) is 46.3 cm³/mol. The van der Waals surface area contributed by atoms with E-state index in [0.29, 0.717) is 5.92 Å². The number of carboxylic acid groups (broad SMARTS) is 1. The van der Waals surface area contributed by atoms with Gasteiger partial charge in [0.2, 0.25) is 0 Å². The molecule has 1 saturated carbocycles. The third-order valence-electron chi connectivity index (χ3n) is 2.68. The van der Waals surface area contributed by atoms with Crippen molar-refractivity contribution in [3.05, 3.63) is 18.0 Å². The van der Waals surface area contributed by atoms with E-state index in [1.54, 1.807) is 4.68 Å². The smallest absolute Gasteiger partial charge is 0.306 e. The van der Waals surface area contributed by atoms with Crippen molar-refractivity contribution in [1.82, 2.24) is 9.78 Å². The highest BCUT2D eigenvalue weighted by atomic mass is 16.4. The van der Waals surface area contributed by atoms with Crippen LogP contribution in [0, 0.1) is 5.92 Å². The van der Waals surface area contributed by atoms with Gasteiger partial charge in [0.05, 0.1) is 12.1 Å². The number of carboxylic acids is 1. The Balaban J connectivity index is 1.97. The van der Waals surface area contributed by atoms with E-state index in [9.17, 15) is 4.79 Å². The van der Waals surface area contributed by atoms with Crippen molar-refractivity contribution in [2.75, 3.05) is 0 Å². The zero-order chi connectivity index (χ0) is 9.42. The molecule has 0 aromatic carbocycles. The summed E-state index contributed by atoms with van der Waals surface area (Å²) in [5.74, 6) is -0.389. The highest BCUT2D eigenvalue weighted by Gasteiger charge is 2.35. The van der Waals surface area contributed by atoms with E-state index in [0.717, 1.165) is 12.8 Å². The summed E-state index contributed by atoms with van der Waals surface area (Å²) in [5, 5.41) is 12.7. The summed E-state index contributed by atoms with van der Waals surface area (Å²) in [4.78, 5) is 10.5. The van der Waals surface area contributed by atoms with Gasteiger partial charge < -0.3 is 5.11 Å². The first-order valence-corrected chi connectivity index (χ1v) is 4.38. The molecule has 1 fully saturated rings. The van der Waals surface area contributed by atoms with E-state index in [2.05, 4.69) is 5.10 Å². The Kier molecular flexibility index (Phi) is 1.83. The van der Waals surface area contributed by atoms with Crippen LogP contribution in [0.4, 0.5) is 0 Å². The number of hydrogen-bond donors (Lipinski definition) is 1. The minimum Gasteiger partial charge on any atom is -0.481 e. The van der Waals surface area contributed by atoms with E-state index >= 15 is 0 Å². The largest absolute Gasteiger partial charge is 0.481 e. The molecule has 0 atom stereocenters. The Hall–Kier alpha value is -1.32. The zero-order valence-electron chi connectivity index (χ0n) is 7.47. The molecule has 1 aromatic rings. The first-order valence-electron chi connectivity index (χ1n) is 4.38. The molecule has 0 bridgehead atoms. The zero-order valence-corrected chi connectivity index (χ0v) is 7.47. The number of aliphatic carboxylic acids is 1. The quantitative estimate of drug-likeness (QED) is 0.738. The molecule has 70 valence electrons. The van der Waals surface area contributed by atoms with Crippen LogP contribution in [0.5, 0.6) is 0 Å². The third-order valence-corrected chi connectivity index (χ3v) is 2.68. The Labute approximate surface area is 76.2 Å². The molecule has 1 N–H and O–H groups in total. The second-order valence-electron chi connectivity index (χ2n) is 3.65. The lowest BCUT2D eigenvalue weighted by molar-refractivity contribution is -0.145. The van der Waals surface area contributed by atoms with Crippen LogP contribution in [-0.4, -0.2) is 20.9 Å². The number of aryl methyl sites for hydroxylation is 1. The van der Waals surface area contributed by atoms with Crippen LogP contribution in [-0.2, 0) is 11.8 Å². The van der Waals surface area contributed by atoms with Gasteiger partial charge in [-0.05, 0) is 24.3 Å². The van der Waals surface area contributed by atoms with Crippen molar-refractivity contribution in [1.29, 1.82) is 0 Å². The maximum atomic E-state index is 10.5. The lowest BCUT2D eigenvalue weighted by Gasteiger charge is -2.31. The number of hydrogen-bond acceptors (Lipinski definition) is 2. The molecule has 2 rings (SSSR count). The molecule has 0 saturated heterocycles. The lowest BCUT2D eigenvalue weighted by Crippen LogP contribution is -2.28. The molecule has 1 aliphatic carbocycles. The van der Waals surface area contributed by atoms with Crippen LogP contribution in [0.25, 0.3) is 0 Å². The van der Waals surface area contributed by atoms with E-state index in [1.165, 1.54) is 5.56 Å². The molecule has 0 spiro atoms. The van der Waals surface area contributed by atoms with Crippen molar-refractivity contribution < 1.29 is 9.90 Å². The maximum Gasteiger partial charge on any atom is 0.306 e. The van der Waals surface area contributed by atoms with Crippen LogP contribution in [0.2, 0.25) is 0 Å².